The molecule has 1 atom stereocenters. The van der Waals surface area contributed by atoms with E-state index in [4.69, 9.17) is 4.74 Å². The monoisotopic (exact) mass is 415 g/mol. The van der Waals surface area contributed by atoms with Gasteiger partial charge >= 0.3 is 0 Å². The highest BCUT2D eigenvalue weighted by molar-refractivity contribution is 7.89. The molecule has 154 valence electrons. The van der Waals surface area contributed by atoms with Gasteiger partial charge in [-0.1, -0.05) is 6.07 Å². The maximum atomic E-state index is 12.8. The Morgan fingerprint density at radius 2 is 2.17 bits per heavy atom. The number of carbonyl (C=O) groups is 1. The first-order valence-corrected chi connectivity index (χ1v) is 11.4. The molecule has 3 heterocycles. The van der Waals surface area contributed by atoms with Gasteiger partial charge in [0.05, 0.1) is 16.6 Å². The van der Waals surface area contributed by atoms with Crippen molar-refractivity contribution in [1.82, 2.24) is 14.6 Å². The summed E-state index contributed by atoms with van der Waals surface area (Å²) < 4.78 is 33.4. The Hall–Kier alpha value is -2.29. The summed E-state index contributed by atoms with van der Waals surface area (Å²) in [4.78, 5) is 18.9. The van der Waals surface area contributed by atoms with Crippen LogP contribution in [-0.2, 0) is 27.7 Å². The van der Waals surface area contributed by atoms with Crippen LogP contribution in [0, 0.1) is 6.92 Å². The van der Waals surface area contributed by atoms with E-state index in [-0.39, 0.29) is 16.9 Å². The van der Waals surface area contributed by atoms with Gasteiger partial charge in [-0.2, -0.15) is 0 Å². The highest BCUT2D eigenvalue weighted by Crippen LogP contribution is 2.24. The number of aryl methyl sites for hydroxylation is 1. The van der Waals surface area contributed by atoms with Gasteiger partial charge in [0.25, 0.3) is 5.91 Å². The molecule has 0 unspecified atom stereocenters. The number of benzene rings is 1. The van der Waals surface area contributed by atoms with Crippen molar-refractivity contribution in [2.75, 3.05) is 19.7 Å². The summed E-state index contributed by atoms with van der Waals surface area (Å²) in [6.07, 6.45) is 5.70. The van der Waals surface area contributed by atoms with Crippen molar-refractivity contribution in [1.29, 1.82) is 0 Å². The third kappa shape index (κ3) is 4.34. The molecule has 4 rings (SSSR count). The van der Waals surface area contributed by atoms with Gasteiger partial charge in [0, 0.05) is 38.6 Å². The predicted octanol–water partition coefficient (Wildman–Crippen LogP) is 2.05. The highest BCUT2D eigenvalue weighted by atomic mass is 32.2. The molecule has 1 fully saturated rings. The van der Waals surface area contributed by atoms with Crippen LogP contribution in [0.5, 0.6) is 0 Å². The Balaban J connectivity index is 1.47. The van der Waals surface area contributed by atoms with Gasteiger partial charge in [0.1, 0.15) is 0 Å². The van der Waals surface area contributed by atoms with Gasteiger partial charge in [-0.15, -0.1) is 0 Å². The third-order valence-electron chi connectivity index (χ3n) is 5.58. The van der Waals surface area contributed by atoms with Crippen molar-refractivity contribution >= 4 is 15.9 Å². The molecule has 0 radical (unpaired) electrons. The first-order chi connectivity index (χ1) is 13.9. The van der Waals surface area contributed by atoms with Crippen LogP contribution in [0.4, 0.5) is 0 Å². The Bertz CT molecular complexity index is 1020. The fourth-order valence-corrected chi connectivity index (χ4v) is 4.94. The Morgan fingerprint density at radius 1 is 1.31 bits per heavy atom. The van der Waals surface area contributed by atoms with Crippen LogP contribution in [0.25, 0.3) is 0 Å². The average Bonchev–Trinajstić information content (AvgIpc) is 3.25. The normalized spacial score (nSPS) is 19.2. The minimum atomic E-state index is -3.58. The van der Waals surface area contributed by atoms with E-state index in [1.807, 2.05) is 19.1 Å². The van der Waals surface area contributed by atoms with Crippen LogP contribution in [-0.4, -0.2) is 50.0 Å². The second kappa shape index (κ2) is 8.22. The van der Waals surface area contributed by atoms with E-state index in [1.165, 1.54) is 0 Å². The molecular formula is C21H25N3O4S. The Morgan fingerprint density at radius 3 is 2.93 bits per heavy atom. The van der Waals surface area contributed by atoms with Crippen molar-refractivity contribution in [3.63, 3.8) is 0 Å². The summed E-state index contributed by atoms with van der Waals surface area (Å²) >= 11 is 0. The lowest BCUT2D eigenvalue weighted by Gasteiger charge is -2.29. The van der Waals surface area contributed by atoms with Gasteiger partial charge in [-0.3, -0.25) is 9.78 Å². The average molecular weight is 416 g/mol. The molecule has 1 aromatic heterocycles. The number of ether oxygens (including phenoxy) is 1. The number of rotatable bonds is 5. The van der Waals surface area contributed by atoms with E-state index in [1.54, 1.807) is 29.4 Å². The molecule has 1 aromatic carbocycles. The van der Waals surface area contributed by atoms with E-state index in [0.29, 0.717) is 38.2 Å². The molecule has 1 saturated heterocycles. The van der Waals surface area contributed by atoms with Crippen molar-refractivity contribution in [2.24, 2.45) is 0 Å². The summed E-state index contributed by atoms with van der Waals surface area (Å²) in [5, 5.41) is 0. The first-order valence-electron chi connectivity index (χ1n) is 9.87. The minimum absolute atomic E-state index is 0.0436. The van der Waals surface area contributed by atoms with Gasteiger partial charge in [0.15, 0.2) is 0 Å². The smallest absolute Gasteiger partial charge is 0.255 e. The number of hydrogen-bond acceptors (Lipinski definition) is 5. The zero-order valence-corrected chi connectivity index (χ0v) is 17.2. The standard InChI is InChI=1S/C21H25N3O4S/c1-15-6-8-22-13-20(15)21(25)24-9-7-16-11-19(5-4-17(16)14-24)29(26,27)23-12-18-3-2-10-28-18/h4-6,8,11,13,18,23H,2-3,7,9-10,12,14H2,1H3/t18-/m0/s1. The van der Waals surface area contributed by atoms with Crippen molar-refractivity contribution in [2.45, 2.75) is 43.7 Å². The molecule has 1 N–H and O–H groups in total. The predicted molar refractivity (Wildman–Crippen MR) is 108 cm³/mol. The number of amides is 1. The quantitative estimate of drug-likeness (QED) is 0.807. The molecule has 2 aromatic rings. The van der Waals surface area contributed by atoms with Crippen LogP contribution >= 0.6 is 0 Å². The molecule has 8 heteroatoms. The van der Waals surface area contributed by atoms with Gasteiger partial charge < -0.3 is 9.64 Å². The summed E-state index contributed by atoms with van der Waals surface area (Å²) in [5.41, 5.74) is 3.45. The maximum Gasteiger partial charge on any atom is 0.255 e. The number of hydrogen-bond donors (Lipinski definition) is 1. The SMILES string of the molecule is Cc1ccncc1C(=O)N1CCc2cc(S(=O)(=O)NC[C@@H]3CCCO3)ccc2C1. The lowest BCUT2D eigenvalue weighted by molar-refractivity contribution is 0.0733. The Kier molecular flexibility index (Phi) is 5.67. The molecule has 7 nitrogen and oxygen atoms in total. The number of fused-ring (bicyclic) bond motifs is 1. The lowest BCUT2D eigenvalue weighted by Crippen LogP contribution is -2.36. The molecule has 0 saturated carbocycles. The summed E-state index contributed by atoms with van der Waals surface area (Å²) in [6.45, 7) is 3.90. The largest absolute Gasteiger partial charge is 0.377 e. The zero-order chi connectivity index (χ0) is 20.4. The molecule has 1 amide bonds. The molecule has 0 aliphatic carbocycles. The van der Waals surface area contributed by atoms with Crippen molar-refractivity contribution < 1.29 is 17.9 Å². The number of carbonyl (C=O) groups excluding carboxylic acids is 1. The molecule has 0 bridgehead atoms. The maximum absolute atomic E-state index is 12.8. The van der Waals surface area contributed by atoms with E-state index in [9.17, 15) is 13.2 Å². The number of aromatic nitrogens is 1. The van der Waals surface area contributed by atoms with Crippen LogP contribution in [0.15, 0.2) is 41.6 Å². The van der Waals surface area contributed by atoms with E-state index >= 15 is 0 Å². The minimum Gasteiger partial charge on any atom is -0.377 e. The molecule has 29 heavy (non-hydrogen) atoms. The van der Waals surface area contributed by atoms with Gasteiger partial charge in [-0.25, -0.2) is 13.1 Å². The summed E-state index contributed by atoms with van der Waals surface area (Å²) in [5.74, 6) is -0.0452. The highest BCUT2D eigenvalue weighted by Gasteiger charge is 2.25. The number of pyridine rings is 1. The topological polar surface area (TPSA) is 88.6 Å². The molecular weight excluding hydrogens is 390 g/mol. The zero-order valence-electron chi connectivity index (χ0n) is 16.4. The second-order valence-electron chi connectivity index (χ2n) is 7.58. The van der Waals surface area contributed by atoms with Crippen LogP contribution in [0.1, 0.15) is 39.9 Å². The van der Waals surface area contributed by atoms with E-state index < -0.39 is 10.0 Å². The molecule has 2 aliphatic heterocycles. The number of nitrogens with one attached hydrogen (secondary N) is 1. The fourth-order valence-electron chi connectivity index (χ4n) is 3.82. The lowest BCUT2D eigenvalue weighted by atomic mass is 9.99. The van der Waals surface area contributed by atoms with E-state index in [2.05, 4.69) is 9.71 Å². The van der Waals surface area contributed by atoms with Gasteiger partial charge in [-0.05, 0) is 61.1 Å². The summed E-state index contributed by atoms with van der Waals surface area (Å²) in [6, 6.07) is 6.97. The number of nitrogens with zero attached hydrogens (tertiary/aromatic N) is 2. The van der Waals surface area contributed by atoms with Gasteiger partial charge in [0.2, 0.25) is 10.0 Å². The first kappa shape index (κ1) is 20.0. The molecule has 2 aliphatic rings. The third-order valence-corrected chi connectivity index (χ3v) is 7.00. The van der Waals surface area contributed by atoms with Crippen LogP contribution in [0.2, 0.25) is 0 Å². The van der Waals surface area contributed by atoms with Crippen molar-refractivity contribution in [3.8, 4) is 0 Å². The molecule has 0 spiro atoms. The second-order valence-corrected chi connectivity index (χ2v) is 9.35. The fraction of sp³-hybridized carbons (Fsp3) is 0.429. The van der Waals surface area contributed by atoms with Crippen LogP contribution < -0.4 is 4.72 Å². The van der Waals surface area contributed by atoms with Crippen molar-refractivity contribution in [3.05, 3.63) is 58.9 Å². The van der Waals surface area contributed by atoms with Crippen LogP contribution in [0.3, 0.4) is 0 Å². The summed E-state index contributed by atoms with van der Waals surface area (Å²) in [7, 11) is -3.58. The Labute approximate surface area is 171 Å². The number of sulfonamides is 1. The van der Waals surface area contributed by atoms with E-state index in [0.717, 1.165) is 29.5 Å².